The van der Waals surface area contributed by atoms with Crippen molar-refractivity contribution in [2.24, 2.45) is 0 Å². The molecule has 84 valence electrons. The van der Waals surface area contributed by atoms with Crippen LogP contribution in [0.15, 0.2) is 6.33 Å². The summed E-state index contributed by atoms with van der Waals surface area (Å²) in [6.07, 6.45) is 3.55. The van der Waals surface area contributed by atoms with Gasteiger partial charge in [-0.15, -0.1) is 0 Å². The average molecular weight is 209 g/mol. The highest BCUT2D eigenvalue weighted by Gasteiger charge is 2.10. The summed E-state index contributed by atoms with van der Waals surface area (Å²) < 4.78 is 5.49. The molecule has 0 aliphatic carbocycles. The molecule has 0 saturated carbocycles. The second-order valence-corrected chi connectivity index (χ2v) is 3.22. The Labute approximate surface area is 91.1 Å². The molecule has 0 unspecified atom stereocenters. The molecule has 1 heterocycles. The summed E-state index contributed by atoms with van der Waals surface area (Å²) in [5.74, 6) is 1.61. The van der Waals surface area contributed by atoms with Gasteiger partial charge >= 0.3 is 0 Å². The first-order valence-electron chi connectivity index (χ1n) is 5.53. The zero-order chi connectivity index (χ0) is 11.1. The Morgan fingerprint density at radius 1 is 1.27 bits per heavy atom. The van der Waals surface area contributed by atoms with E-state index < -0.39 is 0 Å². The molecule has 0 radical (unpaired) electrons. The molecular weight excluding hydrogens is 190 g/mol. The Bertz CT molecular complexity index is 278. The van der Waals surface area contributed by atoms with Gasteiger partial charge in [0.1, 0.15) is 12.1 Å². The fraction of sp³-hybridized carbons (Fsp3) is 0.636. The van der Waals surface area contributed by atoms with Gasteiger partial charge in [-0.3, -0.25) is 0 Å². The first kappa shape index (κ1) is 11.8. The summed E-state index contributed by atoms with van der Waals surface area (Å²) in [5, 5.41) is 3.23. The van der Waals surface area contributed by atoms with Crippen molar-refractivity contribution in [1.29, 1.82) is 0 Å². The number of anilines is 1. The Balaban J connectivity index is 2.97. The van der Waals surface area contributed by atoms with Gasteiger partial charge in [-0.1, -0.05) is 13.3 Å². The summed E-state index contributed by atoms with van der Waals surface area (Å²) in [6, 6.07) is 0. The van der Waals surface area contributed by atoms with E-state index in [1.54, 1.807) is 6.33 Å². The van der Waals surface area contributed by atoms with Crippen LogP contribution in [0.25, 0.3) is 0 Å². The minimum Gasteiger partial charge on any atom is -0.478 e. The number of rotatable bonds is 6. The largest absolute Gasteiger partial charge is 0.478 e. The van der Waals surface area contributed by atoms with Crippen LogP contribution in [0, 0.1) is 0 Å². The number of hydrogen-bond acceptors (Lipinski definition) is 4. The minimum absolute atomic E-state index is 0.638. The Morgan fingerprint density at radius 2 is 2.07 bits per heavy atom. The topological polar surface area (TPSA) is 47.0 Å². The quantitative estimate of drug-likeness (QED) is 0.780. The maximum atomic E-state index is 5.49. The Kier molecular flexibility index (Phi) is 4.87. The van der Waals surface area contributed by atoms with Crippen LogP contribution in [0.3, 0.4) is 0 Å². The second kappa shape index (κ2) is 6.22. The Hall–Kier alpha value is -1.32. The van der Waals surface area contributed by atoms with Gasteiger partial charge in [-0.2, -0.15) is 0 Å². The summed E-state index contributed by atoms with van der Waals surface area (Å²) in [5.41, 5.74) is 1.09. The molecule has 1 rings (SSSR count). The standard InChI is InChI=1S/C11H19N3O/c1-4-7-9-10(12-5-2)13-8-14-11(9)15-6-3/h8H,4-7H2,1-3H3,(H,12,13,14). The van der Waals surface area contributed by atoms with Crippen LogP contribution in [0.4, 0.5) is 5.82 Å². The van der Waals surface area contributed by atoms with Crippen molar-refractivity contribution in [2.45, 2.75) is 33.6 Å². The molecule has 1 N–H and O–H groups in total. The van der Waals surface area contributed by atoms with Crippen molar-refractivity contribution in [3.8, 4) is 5.88 Å². The van der Waals surface area contributed by atoms with Gasteiger partial charge in [0.25, 0.3) is 0 Å². The molecule has 4 nitrogen and oxygen atoms in total. The fourth-order valence-corrected chi connectivity index (χ4v) is 1.45. The lowest BCUT2D eigenvalue weighted by molar-refractivity contribution is 0.322. The molecule has 0 saturated heterocycles. The zero-order valence-electron chi connectivity index (χ0n) is 9.71. The van der Waals surface area contributed by atoms with E-state index >= 15 is 0 Å². The van der Waals surface area contributed by atoms with E-state index in [0.29, 0.717) is 12.5 Å². The van der Waals surface area contributed by atoms with Crippen molar-refractivity contribution in [3.63, 3.8) is 0 Å². The zero-order valence-corrected chi connectivity index (χ0v) is 9.71. The lowest BCUT2D eigenvalue weighted by atomic mass is 10.1. The predicted molar refractivity (Wildman–Crippen MR) is 61.4 cm³/mol. The monoisotopic (exact) mass is 209 g/mol. The van der Waals surface area contributed by atoms with E-state index in [-0.39, 0.29) is 0 Å². The van der Waals surface area contributed by atoms with E-state index in [2.05, 4.69) is 29.1 Å². The van der Waals surface area contributed by atoms with E-state index in [4.69, 9.17) is 4.74 Å². The molecule has 0 atom stereocenters. The normalized spacial score (nSPS) is 10.1. The van der Waals surface area contributed by atoms with Gasteiger partial charge in [-0.25, -0.2) is 9.97 Å². The molecule has 0 fully saturated rings. The third-order valence-electron chi connectivity index (χ3n) is 2.03. The number of nitrogens with one attached hydrogen (secondary N) is 1. The summed E-state index contributed by atoms with van der Waals surface area (Å²) in [6.45, 7) is 7.65. The summed E-state index contributed by atoms with van der Waals surface area (Å²) in [7, 11) is 0. The minimum atomic E-state index is 0.638. The lowest BCUT2D eigenvalue weighted by Crippen LogP contribution is -2.07. The predicted octanol–water partition coefficient (Wildman–Crippen LogP) is 2.26. The first-order chi connectivity index (χ1) is 7.33. The van der Waals surface area contributed by atoms with E-state index in [1.807, 2.05) is 6.92 Å². The van der Waals surface area contributed by atoms with Crippen molar-refractivity contribution in [1.82, 2.24) is 9.97 Å². The van der Waals surface area contributed by atoms with Crippen LogP contribution >= 0.6 is 0 Å². The van der Waals surface area contributed by atoms with Crippen LogP contribution in [0.2, 0.25) is 0 Å². The molecule has 1 aromatic rings. The molecule has 0 aliphatic rings. The van der Waals surface area contributed by atoms with E-state index in [9.17, 15) is 0 Å². The van der Waals surface area contributed by atoms with Gasteiger partial charge in [0.15, 0.2) is 0 Å². The van der Waals surface area contributed by atoms with E-state index in [0.717, 1.165) is 30.8 Å². The molecule has 0 aliphatic heterocycles. The summed E-state index contributed by atoms with van der Waals surface area (Å²) in [4.78, 5) is 8.38. The van der Waals surface area contributed by atoms with Crippen molar-refractivity contribution in [3.05, 3.63) is 11.9 Å². The van der Waals surface area contributed by atoms with Crippen molar-refractivity contribution < 1.29 is 4.74 Å². The second-order valence-electron chi connectivity index (χ2n) is 3.22. The van der Waals surface area contributed by atoms with Crippen molar-refractivity contribution >= 4 is 5.82 Å². The molecule has 1 aromatic heterocycles. The molecule has 15 heavy (non-hydrogen) atoms. The van der Waals surface area contributed by atoms with Gasteiger partial charge in [0.05, 0.1) is 12.2 Å². The third-order valence-corrected chi connectivity index (χ3v) is 2.03. The fourth-order valence-electron chi connectivity index (χ4n) is 1.45. The molecule has 0 bridgehead atoms. The summed E-state index contributed by atoms with van der Waals surface area (Å²) >= 11 is 0. The highest BCUT2D eigenvalue weighted by molar-refractivity contribution is 5.48. The SMILES string of the molecule is CCCc1c(NCC)ncnc1OCC. The maximum absolute atomic E-state index is 5.49. The molecule has 0 aromatic carbocycles. The molecular formula is C11H19N3O. The van der Waals surface area contributed by atoms with E-state index in [1.165, 1.54) is 0 Å². The average Bonchev–Trinajstić information content (AvgIpc) is 2.23. The number of aromatic nitrogens is 2. The van der Waals surface area contributed by atoms with Crippen LogP contribution in [-0.4, -0.2) is 23.1 Å². The maximum Gasteiger partial charge on any atom is 0.221 e. The van der Waals surface area contributed by atoms with Gasteiger partial charge in [0, 0.05) is 6.54 Å². The number of ether oxygens (including phenoxy) is 1. The molecule has 0 spiro atoms. The number of hydrogen-bond donors (Lipinski definition) is 1. The smallest absolute Gasteiger partial charge is 0.221 e. The van der Waals surface area contributed by atoms with Crippen LogP contribution in [0.1, 0.15) is 32.8 Å². The Morgan fingerprint density at radius 3 is 2.67 bits per heavy atom. The highest BCUT2D eigenvalue weighted by atomic mass is 16.5. The van der Waals surface area contributed by atoms with Gasteiger partial charge < -0.3 is 10.1 Å². The third kappa shape index (κ3) is 3.08. The van der Waals surface area contributed by atoms with Crippen LogP contribution in [-0.2, 0) is 6.42 Å². The number of nitrogens with zero attached hydrogens (tertiary/aromatic N) is 2. The van der Waals surface area contributed by atoms with Gasteiger partial charge in [0.2, 0.25) is 5.88 Å². The van der Waals surface area contributed by atoms with Crippen LogP contribution in [0.5, 0.6) is 5.88 Å². The molecule has 4 heteroatoms. The lowest BCUT2D eigenvalue weighted by Gasteiger charge is -2.12. The first-order valence-corrected chi connectivity index (χ1v) is 5.53. The van der Waals surface area contributed by atoms with Crippen LogP contribution < -0.4 is 10.1 Å². The van der Waals surface area contributed by atoms with Crippen molar-refractivity contribution in [2.75, 3.05) is 18.5 Å². The van der Waals surface area contributed by atoms with Gasteiger partial charge in [-0.05, 0) is 20.3 Å². The molecule has 0 amide bonds. The highest BCUT2D eigenvalue weighted by Crippen LogP contribution is 2.23.